The number of para-hydroxylation sites is 1. The Hall–Kier alpha value is -2.38. The number of nitrogens with two attached hydrogens (primary N) is 1. The smallest absolute Gasteiger partial charge is 0.238 e. The monoisotopic (exact) mass is 375 g/mol. The van der Waals surface area contributed by atoms with Crippen LogP contribution in [0.15, 0.2) is 47.4 Å². The summed E-state index contributed by atoms with van der Waals surface area (Å²) < 4.78 is 22.4. The Labute approximate surface area is 154 Å². The first-order chi connectivity index (χ1) is 12.3. The van der Waals surface area contributed by atoms with Crippen LogP contribution in [-0.2, 0) is 21.2 Å². The predicted molar refractivity (Wildman–Crippen MR) is 104 cm³/mol. The van der Waals surface area contributed by atoms with Gasteiger partial charge >= 0.3 is 0 Å². The lowest BCUT2D eigenvalue weighted by atomic mass is 10.1. The highest BCUT2D eigenvalue weighted by Gasteiger charge is 2.07. The van der Waals surface area contributed by atoms with Gasteiger partial charge in [0.2, 0.25) is 15.9 Å². The summed E-state index contributed by atoms with van der Waals surface area (Å²) in [7, 11) is -3.67. The van der Waals surface area contributed by atoms with E-state index < -0.39 is 10.0 Å². The molecule has 2 rings (SSSR count). The Bertz CT molecular complexity index is 842. The van der Waals surface area contributed by atoms with Gasteiger partial charge in [-0.3, -0.25) is 4.79 Å². The van der Waals surface area contributed by atoms with E-state index in [2.05, 4.69) is 10.6 Å². The summed E-state index contributed by atoms with van der Waals surface area (Å²) in [6, 6.07) is 12.4. The van der Waals surface area contributed by atoms with Crippen molar-refractivity contribution < 1.29 is 13.2 Å². The van der Waals surface area contributed by atoms with Gasteiger partial charge in [-0.05, 0) is 49.1 Å². The molecule has 0 atom stereocenters. The lowest BCUT2D eigenvalue weighted by Gasteiger charge is -2.12. The van der Waals surface area contributed by atoms with Crippen LogP contribution in [0.5, 0.6) is 0 Å². The fraction of sp³-hybridized carbons (Fsp3) is 0.316. The van der Waals surface area contributed by atoms with Gasteiger partial charge in [-0.25, -0.2) is 13.6 Å². The molecule has 0 unspecified atom stereocenters. The highest BCUT2D eigenvalue weighted by molar-refractivity contribution is 7.89. The van der Waals surface area contributed by atoms with Crippen LogP contribution in [0, 0.1) is 13.8 Å². The minimum absolute atomic E-state index is 0.0232. The van der Waals surface area contributed by atoms with Crippen molar-refractivity contribution >= 4 is 21.6 Å². The van der Waals surface area contributed by atoms with Crippen molar-refractivity contribution in [3.63, 3.8) is 0 Å². The van der Waals surface area contributed by atoms with E-state index in [0.717, 1.165) is 22.4 Å². The Morgan fingerprint density at radius 3 is 2.19 bits per heavy atom. The van der Waals surface area contributed by atoms with E-state index in [1.165, 1.54) is 12.1 Å². The molecular weight excluding hydrogens is 350 g/mol. The standard InChI is InChI=1S/C19H25N3O3S/c1-14-4-3-5-15(2)19(14)22-13-11-18(23)21-12-10-16-6-8-17(9-7-16)26(20,24)25/h3-9,22H,10-13H2,1-2H3,(H,21,23)(H2,20,24,25). The Morgan fingerprint density at radius 2 is 1.62 bits per heavy atom. The number of anilines is 1. The molecule has 0 heterocycles. The number of primary sulfonamides is 1. The SMILES string of the molecule is Cc1cccc(C)c1NCCC(=O)NCCc1ccc(S(N)(=O)=O)cc1. The Morgan fingerprint density at radius 1 is 1.00 bits per heavy atom. The average molecular weight is 375 g/mol. The van der Waals surface area contributed by atoms with Gasteiger partial charge in [0.05, 0.1) is 4.90 Å². The van der Waals surface area contributed by atoms with Gasteiger partial charge in [-0.15, -0.1) is 0 Å². The van der Waals surface area contributed by atoms with Crippen LogP contribution in [-0.4, -0.2) is 27.4 Å². The van der Waals surface area contributed by atoms with Crippen molar-refractivity contribution in [2.45, 2.75) is 31.6 Å². The van der Waals surface area contributed by atoms with Crippen molar-refractivity contribution in [1.29, 1.82) is 0 Å². The number of carbonyl (C=O) groups excluding carboxylic acids is 1. The summed E-state index contributed by atoms with van der Waals surface area (Å²) in [5, 5.41) is 11.2. The maximum absolute atomic E-state index is 11.9. The van der Waals surface area contributed by atoms with Gasteiger partial charge in [-0.2, -0.15) is 0 Å². The van der Waals surface area contributed by atoms with Crippen molar-refractivity contribution in [1.82, 2.24) is 5.32 Å². The highest BCUT2D eigenvalue weighted by atomic mass is 32.2. The molecule has 0 radical (unpaired) electrons. The third-order valence-electron chi connectivity index (χ3n) is 4.12. The number of hydrogen-bond acceptors (Lipinski definition) is 4. The maximum Gasteiger partial charge on any atom is 0.238 e. The molecule has 4 N–H and O–H groups in total. The Kier molecular flexibility index (Phi) is 6.76. The number of benzene rings is 2. The molecule has 26 heavy (non-hydrogen) atoms. The number of rotatable bonds is 8. The van der Waals surface area contributed by atoms with Crippen LogP contribution in [0.1, 0.15) is 23.1 Å². The van der Waals surface area contributed by atoms with E-state index in [4.69, 9.17) is 5.14 Å². The first-order valence-corrected chi connectivity index (χ1v) is 10.0. The molecule has 2 aromatic rings. The van der Waals surface area contributed by atoms with E-state index in [1.807, 2.05) is 32.0 Å². The zero-order chi connectivity index (χ0) is 19.2. The number of amides is 1. The predicted octanol–water partition coefficient (Wildman–Crippen LogP) is 2.11. The van der Waals surface area contributed by atoms with E-state index in [-0.39, 0.29) is 10.8 Å². The Balaban J connectivity index is 1.72. The van der Waals surface area contributed by atoms with Gasteiger partial charge in [-0.1, -0.05) is 30.3 Å². The highest BCUT2D eigenvalue weighted by Crippen LogP contribution is 2.19. The van der Waals surface area contributed by atoms with Crippen LogP contribution in [0.3, 0.4) is 0 Å². The third kappa shape index (κ3) is 5.86. The van der Waals surface area contributed by atoms with Crippen LogP contribution in [0.4, 0.5) is 5.69 Å². The van der Waals surface area contributed by atoms with Crippen molar-refractivity contribution in [3.8, 4) is 0 Å². The molecule has 0 fully saturated rings. The second-order valence-corrected chi connectivity index (χ2v) is 7.79. The van der Waals surface area contributed by atoms with Gasteiger partial charge in [0.15, 0.2) is 0 Å². The molecule has 0 saturated heterocycles. The molecule has 6 nitrogen and oxygen atoms in total. The molecule has 0 aromatic heterocycles. The molecule has 0 bridgehead atoms. The van der Waals surface area contributed by atoms with Crippen LogP contribution in [0.25, 0.3) is 0 Å². The van der Waals surface area contributed by atoms with E-state index in [9.17, 15) is 13.2 Å². The summed E-state index contributed by atoms with van der Waals surface area (Å²) in [5.74, 6) is -0.0232. The van der Waals surface area contributed by atoms with E-state index >= 15 is 0 Å². The second-order valence-electron chi connectivity index (χ2n) is 6.23. The van der Waals surface area contributed by atoms with Gasteiger partial charge in [0.1, 0.15) is 0 Å². The van der Waals surface area contributed by atoms with Crippen molar-refractivity contribution in [3.05, 3.63) is 59.2 Å². The number of nitrogens with one attached hydrogen (secondary N) is 2. The molecular formula is C19H25N3O3S. The quantitative estimate of drug-likeness (QED) is 0.658. The molecule has 0 saturated carbocycles. The lowest BCUT2D eigenvalue weighted by Crippen LogP contribution is -2.27. The minimum atomic E-state index is -3.67. The summed E-state index contributed by atoms with van der Waals surface area (Å²) in [5.41, 5.74) is 4.34. The van der Waals surface area contributed by atoms with Gasteiger partial charge < -0.3 is 10.6 Å². The zero-order valence-electron chi connectivity index (χ0n) is 15.1. The maximum atomic E-state index is 11.9. The van der Waals surface area contributed by atoms with Gasteiger partial charge in [0, 0.05) is 25.2 Å². The fourth-order valence-electron chi connectivity index (χ4n) is 2.67. The number of carbonyl (C=O) groups is 1. The van der Waals surface area contributed by atoms with E-state index in [0.29, 0.717) is 25.9 Å². The molecule has 2 aromatic carbocycles. The molecule has 0 spiro atoms. The first kappa shape index (κ1) is 19.9. The molecule has 0 aliphatic carbocycles. The normalized spacial score (nSPS) is 11.2. The van der Waals surface area contributed by atoms with Crippen LogP contribution < -0.4 is 15.8 Å². The first-order valence-electron chi connectivity index (χ1n) is 8.46. The summed E-state index contributed by atoms with van der Waals surface area (Å²) in [6.45, 7) is 5.14. The number of hydrogen-bond donors (Lipinski definition) is 3. The summed E-state index contributed by atoms with van der Waals surface area (Å²) in [4.78, 5) is 12.0. The average Bonchev–Trinajstić information content (AvgIpc) is 2.57. The zero-order valence-corrected chi connectivity index (χ0v) is 15.9. The van der Waals surface area contributed by atoms with Gasteiger partial charge in [0.25, 0.3) is 0 Å². The minimum Gasteiger partial charge on any atom is -0.384 e. The molecule has 140 valence electrons. The molecule has 1 amide bonds. The topological polar surface area (TPSA) is 101 Å². The largest absolute Gasteiger partial charge is 0.384 e. The number of aryl methyl sites for hydroxylation is 2. The fourth-order valence-corrected chi connectivity index (χ4v) is 3.19. The lowest BCUT2D eigenvalue weighted by molar-refractivity contribution is -0.120. The summed E-state index contributed by atoms with van der Waals surface area (Å²) in [6.07, 6.45) is 1.01. The second kappa shape index (κ2) is 8.82. The van der Waals surface area contributed by atoms with E-state index in [1.54, 1.807) is 12.1 Å². The number of sulfonamides is 1. The van der Waals surface area contributed by atoms with Crippen LogP contribution in [0.2, 0.25) is 0 Å². The molecule has 0 aliphatic heterocycles. The molecule has 0 aliphatic rings. The molecule has 7 heteroatoms. The van der Waals surface area contributed by atoms with Crippen molar-refractivity contribution in [2.75, 3.05) is 18.4 Å². The third-order valence-corrected chi connectivity index (χ3v) is 5.05. The van der Waals surface area contributed by atoms with Crippen molar-refractivity contribution in [2.24, 2.45) is 5.14 Å². The van der Waals surface area contributed by atoms with Crippen LogP contribution >= 0.6 is 0 Å². The summed E-state index contributed by atoms with van der Waals surface area (Å²) >= 11 is 0.